The summed E-state index contributed by atoms with van der Waals surface area (Å²) in [4.78, 5) is 1.97. The number of hydrogen-bond acceptors (Lipinski definition) is 1. The summed E-state index contributed by atoms with van der Waals surface area (Å²) in [5, 5.41) is 0. The van der Waals surface area contributed by atoms with Gasteiger partial charge < -0.3 is 47.9 Å². The predicted molar refractivity (Wildman–Crippen MR) is 81.9 cm³/mol. The van der Waals surface area contributed by atoms with E-state index in [-0.39, 0.29) is 17.1 Å². The summed E-state index contributed by atoms with van der Waals surface area (Å²) in [6.45, 7) is 7.40. The van der Waals surface area contributed by atoms with Gasteiger partial charge in [-0.3, -0.25) is 0 Å². The zero-order valence-corrected chi connectivity index (χ0v) is 13.6. The summed E-state index contributed by atoms with van der Waals surface area (Å²) in [7, 11) is 0. The van der Waals surface area contributed by atoms with Crippen LogP contribution in [0.3, 0.4) is 0 Å². The van der Waals surface area contributed by atoms with Crippen LogP contribution in [0.25, 0.3) is 0 Å². The first-order valence-corrected chi connectivity index (χ1v) is 6.20. The van der Waals surface area contributed by atoms with Crippen molar-refractivity contribution < 1.29 is 21.7 Å². The summed E-state index contributed by atoms with van der Waals surface area (Å²) in [6, 6.07) is 22.0. The van der Waals surface area contributed by atoms with Crippen molar-refractivity contribution >= 4 is 34.9 Å². The Kier molecular flexibility index (Phi) is 15.5. The van der Waals surface area contributed by atoms with Crippen molar-refractivity contribution in [3.63, 3.8) is 0 Å². The molecule has 0 spiro atoms. The third kappa shape index (κ3) is 9.05. The molecule has 0 aliphatic heterocycles. The number of nitrogens with zero attached hydrogens (tertiary/aromatic N) is 1. The average molecular weight is 342 g/mol. The maximum absolute atomic E-state index is 7.50. The monoisotopic (exact) mass is 342 g/mol. The van der Waals surface area contributed by atoms with Crippen molar-refractivity contribution in [3.8, 4) is 0 Å². The van der Waals surface area contributed by atoms with Crippen LogP contribution in [-0.2, 0) is 46.6 Å². The molecular formula is C15H12FeNOS2-5. The fourth-order valence-electron chi connectivity index (χ4n) is 1.22. The Labute approximate surface area is 142 Å². The molecule has 2 rings (SSSR count). The second kappa shape index (κ2) is 14.5. The maximum atomic E-state index is 7.50. The van der Waals surface area contributed by atoms with E-state index >= 15 is 0 Å². The number of para-hydroxylation sites is 1. The van der Waals surface area contributed by atoms with Crippen LogP contribution >= 0.6 is 0 Å². The fourth-order valence-corrected chi connectivity index (χ4v) is 1.71. The molecule has 5 heteroatoms. The second-order valence-corrected chi connectivity index (χ2v) is 4.16. The van der Waals surface area contributed by atoms with Crippen molar-refractivity contribution in [2.24, 2.45) is 0 Å². The van der Waals surface area contributed by atoms with Gasteiger partial charge in [-0.15, -0.1) is 0 Å². The van der Waals surface area contributed by atoms with E-state index in [4.69, 9.17) is 17.3 Å². The summed E-state index contributed by atoms with van der Waals surface area (Å²) in [6.07, 6.45) is 0. The van der Waals surface area contributed by atoms with E-state index < -0.39 is 0 Å². The first-order chi connectivity index (χ1) is 9.25. The Morgan fingerprint density at radius 3 is 2.10 bits per heavy atom. The number of hydrogen-bond donors (Lipinski definition) is 0. The maximum Gasteiger partial charge on any atom is 0 e. The van der Waals surface area contributed by atoms with E-state index in [1.165, 1.54) is 0 Å². The molecule has 0 bridgehead atoms. The van der Waals surface area contributed by atoms with Crippen molar-refractivity contribution in [2.75, 3.05) is 11.4 Å². The Balaban J connectivity index is 0. The number of rotatable bonds is 2. The van der Waals surface area contributed by atoms with Gasteiger partial charge in [0.05, 0.1) is 0 Å². The smallest absolute Gasteiger partial charge is 0 e. The molecule has 0 radical (unpaired) electrons. The standard InChI is InChI=1S/C9H11NS2.C5H.CO.Fe/c1-2-10(9(11)12)8-6-4-3-5-7-8;1-2-4-5-3-1;1-2;/h3-7H,2H2,1H3,(H,11,12);1H;;/q;-5;;. The summed E-state index contributed by atoms with van der Waals surface area (Å²) >= 11 is 9.13. The van der Waals surface area contributed by atoms with Gasteiger partial charge in [0.15, 0.2) is 12.2 Å². The number of thiol groups is 1. The molecule has 0 aliphatic rings. The van der Waals surface area contributed by atoms with E-state index in [2.05, 4.69) is 50.1 Å². The molecule has 0 saturated carbocycles. The minimum atomic E-state index is 0. The zero-order chi connectivity index (χ0) is 14.5. The number of benzene rings is 1. The summed E-state index contributed by atoms with van der Waals surface area (Å²) in [5.74, 6) is 0. The quantitative estimate of drug-likeness (QED) is 0.208. The van der Waals surface area contributed by atoms with Crippen LogP contribution in [0.4, 0.5) is 5.69 Å². The van der Waals surface area contributed by atoms with Crippen LogP contribution in [0.2, 0.25) is 0 Å². The SMILES string of the molecule is CCN(C([S-])=[SH+])c1ccccc1.[C-]#[O+].[Fe].[c-]1[c-][c-][cH-][c-]1. The molecule has 20 heavy (non-hydrogen) atoms. The van der Waals surface area contributed by atoms with Crippen LogP contribution in [0.15, 0.2) is 36.4 Å². The minimum Gasteiger partial charge on any atom is -0.999 e. The van der Waals surface area contributed by atoms with Crippen LogP contribution in [-0.4, -0.2) is 10.9 Å². The summed E-state index contributed by atoms with van der Waals surface area (Å²) < 4.78 is 8.11. The molecule has 2 aromatic carbocycles. The third-order valence-electron chi connectivity index (χ3n) is 1.97. The van der Waals surface area contributed by atoms with Crippen LogP contribution in [0, 0.1) is 30.9 Å². The Bertz CT molecular complexity index is 440. The van der Waals surface area contributed by atoms with Gasteiger partial charge in [0.2, 0.25) is 0 Å². The molecule has 2 aromatic rings. The van der Waals surface area contributed by atoms with E-state index in [1.807, 2.05) is 35.2 Å². The van der Waals surface area contributed by atoms with Gasteiger partial charge in [-0.2, -0.15) is 0 Å². The Morgan fingerprint density at radius 1 is 1.30 bits per heavy atom. The van der Waals surface area contributed by atoms with Crippen LogP contribution in [0.1, 0.15) is 6.92 Å². The molecule has 0 N–H and O–H groups in total. The molecule has 0 fully saturated rings. The normalized spacial score (nSPS) is 7.80. The van der Waals surface area contributed by atoms with Gasteiger partial charge in [-0.1, -0.05) is 18.2 Å². The van der Waals surface area contributed by atoms with Gasteiger partial charge in [0, 0.05) is 29.3 Å². The van der Waals surface area contributed by atoms with E-state index in [9.17, 15) is 0 Å². The van der Waals surface area contributed by atoms with Gasteiger partial charge >= 0.3 is 11.3 Å². The molecule has 0 atom stereocenters. The topological polar surface area (TPSA) is 23.1 Å². The second-order valence-electron chi connectivity index (χ2n) is 3.05. The molecule has 0 unspecified atom stereocenters. The predicted octanol–water partition coefficient (Wildman–Crippen LogP) is 1.99. The zero-order valence-electron chi connectivity index (χ0n) is 10.7. The Morgan fingerprint density at radius 2 is 1.80 bits per heavy atom. The van der Waals surface area contributed by atoms with Gasteiger partial charge in [-0.25, -0.2) is 0 Å². The Hall–Kier alpha value is -0.931. The van der Waals surface area contributed by atoms with Crippen molar-refractivity contribution in [2.45, 2.75) is 6.92 Å². The largest absolute Gasteiger partial charge is 0.999 e. The number of anilines is 1. The average Bonchev–Trinajstić information content (AvgIpc) is 3.02. The van der Waals surface area contributed by atoms with Gasteiger partial charge in [0.25, 0.3) is 0 Å². The van der Waals surface area contributed by atoms with Crippen molar-refractivity contribution in [3.05, 3.63) is 67.3 Å². The first kappa shape index (κ1) is 21.4. The van der Waals surface area contributed by atoms with Crippen LogP contribution < -0.4 is 4.90 Å². The van der Waals surface area contributed by atoms with Gasteiger partial charge in [-0.05, 0) is 19.1 Å². The molecule has 0 heterocycles. The van der Waals surface area contributed by atoms with E-state index in [1.54, 1.807) is 6.07 Å². The molecule has 0 aromatic heterocycles. The van der Waals surface area contributed by atoms with E-state index in [0.717, 1.165) is 12.2 Å². The minimum absolute atomic E-state index is 0. The van der Waals surface area contributed by atoms with Gasteiger partial charge in [0.1, 0.15) is 4.32 Å². The fraction of sp³-hybridized carbons (Fsp3) is 0.133. The molecular weight excluding hydrogens is 330 g/mol. The summed E-state index contributed by atoms with van der Waals surface area (Å²) in [5.41, 5.74) is 1.10. The molecule has 0 amide bonds. The van der Waals surface area contributed by atoms with E-state index in [0.29, 0.717) is 4.32 Å². The third-order valence-corrected chi connectivity index (χ3v) is 2.43. The molecule has 108 valence electrons. The molecule has 0 aliphatic carbocycles. The van der Waals surface area contributed by atoms with Crippen molar-refractivity contribution in [1.82, 2.24) is 0 Å². The molecule has 2 nitrogen and oxygen atoms in total. The first-order valence-electron chi connectivity index (χ1n) is 5.34. The van der Waals surface area contributed by atoms with Crippen molar-refractivity contribution in [1.29, 1.82) is 0 Å². The molecule has 0 saturated heterocycles. The van der Waals surface area contributed by atoms with Crippen LogP contribution in [0.5, 0.6) is 0 Å².